The lowest BCUT2D eigenvalue weighted by atomic mass is 9.83. The number of aliphatic carboxylic acids is 1. The van der Waals surface area contributed by atoms with Crippen LogP contribution < -0.4 is 20.1 Å². The zero-order chi connectivity index (χ0) is 27.3. The SMILES string of the molecule is COCCNC(O)c1cc2c(cc1OC)OCC[C@]21C=C1C(=O)Nc1cc(C#N)ccc1CCCC(=O)O. The van der Waals surface area contributed by atoms with Gasteiger partial charge < -0.3 is 29.7 Å². The molecule has 0 saturated carbocycles. The highest BCUT2D eigenvalue weighted by atomic mass is 16.5. The molecule has 4 rings (SSSR count). The smallest absolute Gasteiger partial charge is 0.303 e. The van der Waals surface area contributed by atoms with E-state index in [0.717, 1.165) is 11.1 Å². The summed E-state index contributed by atoms with van der Waals surface area (Å²) in [6.45, 7) is 1.26. The summed E-state index contributed by atoms with van der Waals surface area (Å²) in [5.74, 6) is -0.143. The zero-order valence-corrected chi connectivity index (χ0v) is 21.4. The molecule has 38 heavy (non-hydrogen) atoms. The van der Waals surface area contributed by atoms with Crippen LogP contribution >= 0.6 is 0 Å². The molecule has 2 aromatic rings. The van der Waals surface area contributed by atoms with Crippen LogP contribution in [0, 0.1) is 11.3 Å². The first-order chi connectivity index (χ1) is 18.3. The Morgan fingerprint density at radius 2 is 2.08 bits per heavy atom. The molecule has 2 atom stereocenters. The number of hydrogen-bond acceptors (Lipinski definition) is 8. The van der Waals surface area contributed by atoms with Crippen molar-refractivity contribution in [3.8, 4) is 17.6 Å². The molecule has 0 saturated heterocycles. The molecule has 2 aromatic carbocycles. The summed E-state index contributed by atoms with van der Waals surface area (Å²) in [5, 5.41) is 35.0. The molecular formula is C28H31N3O7. The summed E-state index contributed by atoms with van der Waals surface area (Å²) in [4.78, 5) is 24.3. The minimum Gasteiger partial charge on any atom is -0.496 e. The van der Waals surface area contributed by atoms with E-state index in [-0.39, 0.29) is 12.3 Å². The zero-order valence-electron chi connectivity index (χ0n) is 21.4. The lowest BCUT2D eigenvalue weighted by Gasteiger charge is -2.30. The summed E-state index contributed by atoms with van der Waals surface area (Å²) in [5.41, 5.74) is 2.87. The second-order valence-corrected chi connectivity index (χ2v) is 9.25. The molecule has 1 heterocycles. The normalized spacial score (nSPS) is 18.0. The van der Waals surface area contributed by atoms with Crippen LogP contribution in [0.15, 0.2) is 42.0 Å². The first kappa shape index (κ1) is 27.1. The number of aliphatic hydroxyl groups excluding tert-OH is 1. The van der Waals surface area contributed by atoms with E-state index in [1.807, 2.05) is 12.1 Å². The van der Waals surface area contributed by atoms with Gasteiger partial charge in [-0.25, -0.2) is 0 Å². The summed E-state index contributed by atoms with van der Waals surface area (Å²) in [6, 6.07) is 10.6. The fourth-order valence-electron chi connectivity index (χ4n) is 4.81. The van der Waals surface area contributed by atoms with Gasteiger partial charge in [0.05, 0.1) is 37.4 Å². The van der Waals surface area contributed by atoms with E-state index in [4.69, 9.17) is 19.3 Å². The van der Waals surface area contributed by atoms with E-state index in [1.54, 1.807) is 31.4 Å². The van der Waals surface area contributed by atoms with Crippen molar-refractivity contribution >= 4 is 17.6 Å². The Morgan fingerprint density at radius 3 is 2.79 bits per heavy atom. The predicted molar refractivity (Wildman–Crippen MR) is 138 cm³/mol. The van der Waals surface area contributed by atoms with Crippen molar-refractivity contribution in [3.05, 3.63) is 64.2 Å². The van der Waals surface area contributed by atoms with Crippen LogP contribution in [0.2, 0.25) is 0 Å². The molecule has 1 spiro atoms. The molecule has 200 valence electrons. The van der Waals surface area contributed by atoms with Gasteiger partial charge in [-0.15, -0.1) is 0 Å². The number of aliphatic hydroxyl groups is 1. The second-order valence-electron chi connectivity index (χ2n) is 9.25. The van der Waals surface area contributed by atoms with Crippen molar-refractivity contribution in [2.75, 3.05) is 39.3 Å². The third kappa shape index (κ3) is 5.65. The number of fused-ring (bicyclic) bond motifs is 2. The number of carbonyl (C=O) groups is 2. The number of anilines is 1. The van der Waals surface area contributed by atoms with Crippen molar-refractivity contribution in [1.29, 1.82) is 5.26 Å². The number of aryl methyl sites for hydroxylation is 1. The average molecular weight is 522 g/mol. The summed E-state index contributed by atoms with van der Waals surface area (Å²) in [6.07, 6.45) is 2.31. The minimum atomic E-state index is -1.01. The molecule has 0 aromatic heterocycles. The number of rotatable bonds is 12. The van der Waals surface area contributed by atoms with Crippen LogP contribution in [0.25, 0.3) is 0 Å². The van der Waals surface area contributed by atoms with Gasteiger partial charge >= 0.3 is 5.97 Å². The Labute approximate surface area is 220 Å². The first-order valence-electron chi connectivity index (χ1n) is 12.4. The first-order valence-corrected chi connectivity index (χ1v) is 12.4. The number of methoxy groups -OCH3 is 2. The molecule has 1 aliphatic carbocycles. The number of nitrogens with one attached hydrogen (secondary N) is 2. The van der Waals surface area contributed by atoms with Crippen LogP contribution in [0.5, 0.6) is 11.5 Å². The Hall–Kier alpha value is -3.91. The Balaban J connectivity index is 1.57. The van der Waals surface area contributed by atoms with Crippen molar-refractivity contribution in [2.45, 2.75) is 37.3 Å². The van der Waals surface area contributed by atoms with Gasteiger partial charge in [-0.1, -0.05) is 12.1 Å². The van der Waals surface area contributed by atoms with Gasteiger partial charge in [-0.2, -0.15) is 5.26 Å². The predicted octanol–water partition coefficient (Wildman–Crippen LogP) is 2.80. The molecule has 10 heteroatoms. The highest BCUT2D eigenvalue weighted by Crippen LogP contribution is 2.56. The third-order valence-electron chi connectivity index (χ3n) is 6.86. The van der Waals surface area contributed by atoms with Gasteiger partial charge in [0.25, 0.3) is 5.91 Å². The highest BCUT2D eigenvalue weighted by Gasteiger charge is 2.52. The maximum atomic E-state index is 13.4. The number of carboxylic acids is 1. The Morgan fingerprint density at radius 1 is 1.26 bits per heavy atom. The number of ether oxygens (including phenoxy) is 3. The molecule has 1 aliphatic heterocycles. The maximum absolute atomic E-state index is 13.4. The average Bonchev–Trinajstić information content (AvgIpc) is 3.63. The number of hydrogen-bond donors (Lipinski definition) is 4. The van der Waals surface area contributed by atoms with Gasteiger partial charge in [-0.05, 0) is 43.0 Å². The van der Waals surface area contributed by atoms with Crippen molar-refractivity contribution in [2.24, 2.45) is 0 Å². The van der Waals surface area contributed by atoms with Crippen LogP contribution in [0.1, 0.15) is 47.7 Å². The molecule has 1 amide bonds. The van der Waals surface area contributed by atoms with E-state index < -0.39 is 17.6 Å². The van der Waals surface area contributed by atoms with Crippen molar-refractivity contribution in [1.82, 2.24) is 5.32 Å². The molecular weight excluding hydrogens is 490 g/mol. The van der Waals surface area contributed by atoms with Gasteiger partial charge in [-0.3, -0.25) is 14.9 Å². The van der Waals surface area contributed by atoms with Gasteiger partial charge in [0.2, 0.25) is 0 Å². The number of nitriles is 1. The van der Waals surface area contributed by atoms with Crippen molar-refractivity contribution in [3.63, 3.8) is 0 Å². The number of carboxylic acid groups (broad SMARTS) is 1. The molecule has 0 fully saturated rings. The minimum absolute atomic E-state index is 0.0103. The van der Waals surface area contributed by atoms with Crippen LogP contribution in [-0.4, -0.2) is 56.1 Å². The lowest BCUT2D eigenvalue weighted by molar-refractivity contribution is -0.137. The summed E-state index contributed by atoms with van der Waals surface area (Å²) in [7, 11) is 3.10. The van der Waals surface area contributed by atoms with E-state index >= 15 is 0 Å². The van der Waals surface area contributed by atoms with Crippen LogP contribution in [0.4, 0.5) is 5.69 Å². The molecule has 10 nitrogen and oxygen atoms in total. The monoisotopic (exact) mass is 521 g/mol. The summed E-state index contributed by atoms with van der Waals surface area (Å²) < 4.78 is 16.4. The number of benzene rings is 2. The number of amides is 1. The van der Waals surface area contributed by atoms with E-state index in [0.29, 0.717) is 72.9 Å². The Bertz CT molecular complexity index is 1300. The molecule has 1 unspecified atom stereocenters. The van der Waals surface area contributed by atoms with E-state index in [1.165, 1.54) is 7.11 Å². The Kier molecular flexibility index (Phi) is 8.32. The van der Waals surface area contributed by atoms with Gasteiger partial charge in [0, 0.05) is 48.5 Å². The van der Waals surface area contributed by atoms with Gasteiger partial charge in [0.15, 0.2) is 0 Å². The highest BCUT2D eigenvalue weighted by molar-refractivity contribution is 6.11. The third-order valence-corrected chi connectivity index (χ3v) is 6.86. The molecule has 0 radical (unpaired) electrons. The number of carbonyl (C=O) groups excluding carboxylic acids is 1. The lowest BCUT2D eigenvalue weighted by Crippen LogP contribution is -2.29. The van der Waals surface area contributed by atoms with E-state index in [2.05, 4.69) is 16.7 Å². The standard InChI is InChI=1S/C28H31N3O7/c1-36-11-9-30-26(34)19-13-20-24(14-23(19)37-2)38-10-8-28(20)15-21(28)27(35)31-22-12-17(16-29)6-7-18(22)4-3-5-25(32)33/h6-7,12-15,26,30,34H,3-5,8-11H2,1-2H3,(H,31,35)(H,32,33)/t26?,28-/m0/s1. The number of allylic oxidation sites excluding steroid dienone is 1. The second kappa shape index (κ2) is 11.6. The largest absolute Gasteiger partial charge is 0.496 e. The quantitative estimate of drug-likeness (QED) is 0.244. The van der Waals surface area contributed by atoms with Crippen molar-refractivity contribution < 1.29 is 34.0 Å². The van der Waals surface area contributed by atoms with Gasteiger partial charge in [0.1, 0.15) is 17.7 Å². The fraction of sp³-hybridized carbons (Fsp3) is 0.393. The fourth-order valence-corrected chi connectivity index (χ4v) is 4.81. The topological polar surface area (TPSA) is 150 Å². The number of nitrogens with zero attached hydrogens (tertiary/aromatic N) is 1. The van der Waals surface area contributed by atoms with Crippen LogP contribution in [-0.2, 0) is 26.2 Å². The summed E-state index contributed by atoms with van der Waals surface area (Å²) >= 11 is 0. The molecule has 0 bridgehead atoms. The maximum Gasteiger partial charge on any atom is 0.303 e. The molecule has 4 N–H and O–H groups in total. The van der Waals surface area contributed by atoms with Crippen LogP contribution in [0.3, 0.4) is 0 Å². The van der Waals surface area contributed by atoms with E-state index in [9.17, 15) is 20.0 Å². The molecule has 2 aliphatic rings.